The van der Waals surface area contributed by atoms with E-state index in [1.165, 1.54) is 30.7 Å². The lowest BCUT2D eigenvalue weighted by molar-refractivity contribution is -0.138. The lowest BCUT2D eigenvalue weighted by atomic mass is 9.88. The van der Waals surface area contributed by atoms with Crippen molar-refractivity contribution in [2.24, 2.45) is 5.92 Å². The van der Waals surface area contributed by atoms with Gasteiger partial charge in [-0.1, -0.05) is 6.42 Å². The third kappa shape index (κ3) is 2.56. The second-order valence-electron chi connectivity index (χ2n) is 7.13. The lowest BCUT2D eigenvalue weighted by Crippen LogP contribution is -2.54. The lowest BCUT2D eigenvalue weighted by Gasteiger charge is -2.43. The minimum Gasteiger partial charge on any atom is -0.346 e. The summed E-state index contributed by atoms with van der Waals surface area (Å²) >= 11 is 0. The zero-order valence-electron chi connectivity index (χ0n) is 13.5. The number of aryl methyl sites for hydroxylation is 2. The van der Waals surface area contributed by atoms with E-state index in [0.717, 1.165) is 57.3 Å². The fraction of sp³-hybridized carbons (Fsp3) is 0.765. The molecule has 1 aromatic heterocycles. The zero-order chi connectivity index (χ0) is 15.1. The van der Waals surface area contributed by atoms with Gasteiger partial charge in [0.1, 0.15) is 5.82 Å². The van der Waals surface area contributed by atoms with E-state index in [9.17, 15) is 4.79 Å². The number of piperazine rings is 1. The molecule has 1 aliphatic heterocycles. The summed E-state index contributed by atoms with van der Waals surface area (Å²) in [4.78, 5) is 25.3. The van der Waals surface area contributed by atoms with Gasteiger partial charge in [0.25, 0.3) is 0 Å². The second-order valence-corrected chi connectivity index (χ2v) is 7.13. The molecule has 3 aliphatic rings. The van der Waals surface area contributed by atoms with Crippen LogP contribution in [0.3, 0.4) is 0 Å². The topological polar surface area (TPSA) is 52.2 Å². The van der Waals surface area contributed by atoms with Crippen LogP contribution in [0.4, 0.5) is 0 Å². The van der Waals surface area contributed by atoms with Crippen molar-refractivity contribution < 1.29 is 4.79 Å². The molecule has 4 rings (SSSR count). The summed E-state index contributed by atoms with van der Waals surface area (Å²) < 4.78 is 0. The summed E-state index contributed by atoms with van der Waals surface area (Å²) in [6.45, 7) is 5.96. The molecule has 1 saturated carbocycles. The van der Waals surface area contributed by atoms with Gasteiger partial charge in [-0.3, -0.25) is 9.69 Å². The van der Waals surface area contributed by atoms with Crippen LogP contribution < -0.4 is 0 Å². The Hall–Kier alpha value is -1.36. The first-order chi connectivity index (χ1) is 10.7. The van der Waals surface area contributed by atoms with Crippen molar-refractivity contribution in [3.05, 3.63) is 17.2 Å². The molecule has 0 aromatic carbocycles. The van der Waals surface area contributed by atoms with Gasteiger partial charge in [-0.25, -0.2) is 4.98 Å². The normalized spacial score (nSPS) is 26.6. The Morgan fingerprint density at radius 3 is 2.64 bits per heavy atom. The van der Waals surface area contributed by atoms with Gasteiger partial charge < -0.3 is 9.88 Å². The number of fused-ring (bicyclic) bond motifs is 1. The zero-order valence-corrected chi connectivity index (χ0v) is 13.5. The minimum atomic E-state index is 0.155. The van der Waals surface area contributed by atoms with Gasteiger partial charge in [0.05, 0.1) is 5.69 Å². The van der Waals surface area contributed by atoms with Crippen molar-refractivity contribution in [1.29, 1.82) is 0 Å². The van der Waals surface area contributed by atoms with E-state index in [-0.39, 0.29) is 5.92 Å². The predicted molar refractivity (Wildman–Crippen MR) is 84.6 cm³/mol. The van der Waals surface area contributed by atoms with Crippen LogP contribution in [-0.2, 0) is 17.6 Å². The molecule has 22 heavy (non-hydrogen) atoms. The summed E-state index contributed by atoms with van der Waals surface area (Å²) in [6, 6.07) is 0.808. The molecule has 1 N–H and O–H groups in total. The number of nitrogens with one attached hydrogen (secondary N) is 1. The molecule has 1 amide bonds. The number of H-pyrrole nitrogens is 1. The SMILES string of the molecule is Cc1nc2c([nH]1)CC(C(=O)N1CCN(C3CCC3)CC1)CC2. The van der Waals surface area contributed by atoms with Crippen LogP contribution >= 0.6 is 0 Å². The van der Waals surface area contributed by atoms with Gasteiger partial charge >= 0.3 is 0 Å². The van der Waals surface area contributed by atoms with E-state index in [0.29, 0.717) is 5.91 Å². The number of amides is 1. The molecule has 0 spiro atoms. The highest BCUT2D eigenvalue weighted by Gasteiger charge is 2.33. The molecule has 1 aromatic rings. The Morgan fingerprint density at radius 1 is 1.18 bits per heavy atom. The first kappa shape index (κ1) is 14.2. The highest BCUT2D eigenvalue weighted by molar-refractivity contribution is 5.79. The highest BCUT2D eigenvalue weighted by Crippen LogP contribution is 2.28. The third-order valence-electron chi connectivity index (χ3n) is 5.73. The predicted octanol–water partition coefficient (Wildman–Crippen LogP) is 1.52. The van der Waals surface area contributed by atoms with Crippen molar-refractivity contribution in [3.8, 4) is 0 Å². The van der Waals surface area contributed by atoms with E-state index < -0.39 is 0 Å². The Labute approximate surface area is 132 Å². The van der Waals surface area contributed by atoms with Gasteiger partial charge in [-0.05, 0) is 32.6 Å². The van der Waals surface area contributed by atoms with Crippen molar-refractivity contribution in [3.63, 3.8) is 0 Å². The number of imidazole rings is 1. The summed E-state index contributed by atoms with van der Waals surface area (Å²) in [5.74, 6) is 1.50. The Bertz CT molecular complexity index is 555. The first-order valence-corrected chi connectivity index (χ1v) is 8.78. The van der Waals surface area contributed by atoms with Gasteiger partial charge in [0.2, 0.25) is 5.91 Å². The van der Waals surface area contributed by atoms with Crippen LogP contribution in [0.5, 0.6) is 0 Å². The van der Waals surface area contributed by atoms with Crippen molar-refractivity contribution in [1.82, 2.24) is 19.8 Å². The largest absolute Gasteiger partial charge is 0.346 e. The maximum atomic E-state index is 12.8. The van der Waals surface area contributed by atoms with E-state index in [2.05, 4.69) is 19.8 Å². The van der Waals surface area contributed by atoms with Gasteiger partial charge in [-0.15, -0.1) is 0 Å². The standard InChI is InChI=1S/C17H26N4O/c1-12-18-15-6-5-13(11-16(15)19-12)17(22)21-9-7-20(8-10-21)14-3-2-4-14/h13-14H,2-11H2,1H3,(H,18,19). The molecule has 5 nitrogen and oxygen atoms in total. The molecule has 2 heterocycles. The molecule has 1 unspecified atom stereocenters. The molecular weight excluding hydrogens is 276 g/mol. The van der Waals surface area contributed by atoms with E-state index >= 15 is 0 Å². The summed E-state index contributed by atoms with van der Waals surface area (Å²) in [5.41, 5.74) is 2.37. The fourth-order valence-corrected chi connectivity index (χ4v) is 4.15. The number of carbonyl (C=O) groups excluding carboxylic acids is 1. The van der Waals surface area contributed by atoms with Gasteiger partial charge in [-0.2, -0.15) is 0 Å². The Kier molecular flexibility index (Phi) is 3.68. The monoisotopic (exact) mass is 302 g/mol. The van der Waals surface area contributed by atoms with E-state index in [4.69, 9.17) is 0 Å². The quantitative estimate of drug-likeness (QED) is 0.901. The minimum absolute atomic E-state index is 0.155. The van der Waals surface area contributed by atoms with Crippen LogP contribution in [0.15, 0.2) is 0 Å². The molecule has 0 radical (unpaired) electrons. The number of hydrogen-bond donors (Lipinski definition) is 1. The fourth-order valence-electron chi connectivity index (χ4n) is 4.15. The van der Waals surface area contributed by atoms with Crippen LogP contribution in [0.25, 0.3) is 0 Å². The molecule has 0 bridgehead atoms. The number of rotatable bonds is 2. The first-order valence-electron chi connectivity index (χ1n) is 8.78. The molecule has 2 fully saturated rings. The Balaban J connectivity index is 1.34. The van der Waals surface area contributed by atoms with E-state index in [1.54, 1.807) is 0 Å². The highest BCUT2D eigenvalue weighted by atomic mass is 16.2. The summed E-state index contributed by atoms with van der Waals surface area (Å²) in [6.07, 6.45) is 6.85. The number of carbonyl (C=O) groups is 1. The molecule has 1 atom stereocenters. The smallest absolute Gasteiger partial charge is 0.226 e. The van der Waals surface area contributed by atoms with Crippen molar-refractivity contribution in [2.45, 2.75) is 51.5 Å². The average molecular weight is 302 g/mol. The van der Waals surface area contributed by atoms with Crippen LogP contribution in [0.1, 0.15) is 42.9 Å². The van der Waals surface area contributed by atoms with Crippen LogP contribution in [0.2, 0.25) is 0 Å². The molecule has 1 saturated heterocycles. The molecule has 5 heteroatoms. The van der Waals surface area contributed by atoms with E-state index in [1.807, 2.05) is 6.92 Å². The van der Waals surface area contributed by atoms with Crippen LogP contribution in [0, 0.1) is 12.8 Å². The summed E-state index contributed by atoms with van der Waals surface area (Å²) in [7, 11) is 0. The third-order valence-corrected chi connectivity index (χ3v) is 5.73. The average Bonchev–Trinajstić information content (AvgIpc) is 2.84. The number of nitrogens with zero attached hydrogens (tertiary/aromatic N) is 3. The number of aromatic nitrogens is 2. The van der Waals surface area contributed by atoms with Gasteiger partial charge in [0.15, 0.2) is 0 Å². The maximum Gasteiger partial charge on any atom is 0.226 e. The maximum absolute atomic E-state index is 12.8. The number of aromatic amines is 1. The van der Waals surface area contributed by atoms with Gasteiger partial charge in [0, 0.05) is 50.3 Å². The number of hydrogen-bond acceptors (Lipinski definition) is 3. The summed E-state index contributed by atoms with van der Waals surface area (Å²) in [5, 5.41) is 0. The van der Waals surface area contributed by atoms with Crippen molar-refractivity contribution >= 4 is 5.91 Å². The molecule has 120 valence electrons. The molecular formula is C17H26N4O. The Morgan fingerprint density at radius 2 is 1.95 bits per heavy atom. The van der Waals surface area contributed by atoms with Crippen LogP contribution in [-0.4, -0.2) is 57.9 Å². The second kappa shape index (κ2) is 5.69. The van der Waals surface area contributed by atoms with Crippen molar-refractivity contribution in [2.75, 3.05) is 26.2 Å². The molecule has 2 aliphatic carbocycles.